The number of carbonyl (C=O) groups excluding carboxylic acids is 1. The smallest absolute Gasteiger partial charge is 0.271 e. The Morgan fingerprint density at radius 1 is 1.39 bits per heavy atom. The van der Waals surface area contributed by atoms with E-state index >= 15 is 0 Å². The fourth-order valence-electron chi connectivity index (χ4n) is 2.22. The van der Waals surface area contributed by atoms with E-state index in [0.717, 1.165) is 5.82 Å². The van der Waals surface area contributed by atoms with Crippen LogP contribution in [-0.2, 0) is 0 Å². The molecule has 1 saturated carbocycles. The summed E-state index contributed by atoms with van der Waals surface area (Å²) in [6, 6.07) is 3.96. The molecule has 2 N–H and O–H groups in total. The van der Waals surface area contributed by atoms with Crippen LogP contribution in [0.4, 0.5) is 5.82 Å². The maximum atomic E-state index is 11.3. The first-order valence-corrected chi connectivity index (χ1v) is 7.38. The molecule has 18 heavy (non-hydrogen) atoms. The molecule has 1 heterocycles. The van der Waals surface area contributed by atoms with Gasteiger partial charge in [0.2, 0.25) is 0 Å². The molecule has 0 aliphatic heterocycles. The van der Waals surface area contributed by atoms with Gasteiger partial charge >= 0.3 is 0 Å². The number of aromatic nitrogens is 2. The van der Waals surface area contributed by atoms with Crippen molar-refractivity contribution in [1.29, 1.82) is 0 Å². The Hall–Kier alpha value is -1.30. The van der Waals surface area contributed by atoms with Crippen molar-refractivity contribution < 1.29 is 4.79 Å². The second kappa shape index (κ2) is 6.04. The lowest BCUT2D eigenvalue weighted by molar-refractivity contribution is 0.0957. The molecule has 2 atom stereocenters. The molecule has 1 aromatic heterocycles. The van der Waals surface area contributed by atoms with Crippen molar-refractivity contribution in [1.82, 2.24) is 15.5 Å². The number of hydrogen-bond donors (Lipinski definition) is 2. The van der Waals surface area contributed by atoms with Gasteiger partial charge in [0.1, 0.15) is 5.82 Å². The molecule has 1 aromatic rings. The summed E-state index contributed by atoms with van der Waals surface area (Å²) in [5, 5.41) is 14.5. The zero-order valence-corrected chi connectivity index (χ0v) is 11.5. The van der Waals surface area contributed by atoms with Crippen LogP contribution in [0.1, 0.15) is 29.8 Å². The molecule has 0 saturated heterocycles. The van der Waals surface area contributed by atoms with Gasteiger partial charge in [-0.2, -0.15) is 11.8 Å². The molecular formula is C12H18N4OS. The van der Waals surface area contributed by atoms with E-state index in [0.29, 0.717) is 17.0 Å². The van der Waals surface area contributed by atoms with Crippen LogP contribution in [0.2, 0.25) is 0 Å². The highest BCUT2D eigenvalue weighted by molar-refractivity contribution is 7.99. The normalized spacial score (nSPS) is 22.8. The molecule has 0 radical (unpaired) electrons. The highest BCUT2D eigenvalue weighted by atomic mass is 32.2. The molecule has 6 heteroatoms. The van der Waals surface area contributed by atoms with Crippen LogP contribution in [0.15, 0.2) is 12.1 Å². The van der Waals surface area contributed by atoms with Crippen LogP contribution in [0.5, 0.6) is 0 Å². The van der Waals surface area contributed by atoms with E-state index in [2.05, 4.69) is 27.1 Å². The minimum Gasteiger partial charge on any atom is -0.365 e. The maximum Gasteiger partial charge on any atom is 0.271 e. The summed E-state index contributed by atoms with van der Waals surface area (Å²) < 4.78 is 0. The van der Waals surface area contributed by atoms with Crippen molar-refractivity contribution in [3.05, 3.63) is 17.8 Å². The summed E-state index contributed by atoms with van der Waals surface area (Å²) in [6.07, 6.45) is 5.82. The van der Waals surface area contributed by atoms with E-state index in [4.69, 9.17) is 0 Å². The largest absolute Gasteiger partial charge is 0.365 e. The van der Waals surface area contributed by atoms with E-state index < -0.39 is 0 Å². The van der Waals surface area contributed by atoms with Crippen LogP contribution in [-0.4, -0.2) is 40.7 Å². The fraction of sp³-hybridized carbons (Fsp3) is 0.583. The monoisotopic (exact) mass is 266 g/mol. The van der Waals surface area contributed by atoms with E-state index in [1.54, 1.807) is 13.1 Å². The van der Waals surface area contributed by atoms with E-state index in [-0.39, 0.29) is 5.91 Å². The first kappa shape index (κ1) is 13.1. The van der Waals surface area contributed by atoms with Gasteiger partial charge in [-0.15, -0.1) is 10.2 Å². The number of thioether (sulfide) groups is 1. The van der Waals surface area contributed by atoms with Gasteiger partial charge in [0.05, 0.1) is 0 Å². The molecule has 2 unspecified atom stereocenters. The third kappa shape index (κ3) is 2.93. The second-order valence-electron chi connectivity index (χ2n) is 4.34. The minimum absolute atomic E-state index is 0.211. The number of carbonyl (C=O) groups is 1. The van der Waals surface area contributed by atoms with Crippen LogP contribution >= 0.6 is 11.8 Å². The summed E-state index contributed by atoms with van der Waals surface area (Å²) in [4.78, 5) is 11.3. The zero-order chi connectivity index (χ0) is 13.0. The summed E-state index contributed by atoms with van der Waals surface area (Å²) in [5.41, 5.74) is 0.343. The van der Waals surface area contributed by atoms with Crippen molar-refractivity contribution in [2.24, 2.45) is 0 Å². The Bertz CT molecular complexity index is 409. The summed E-state index contributed by atoms with van der Waals surface area (Å²) in [5.74, 6) is 0.533. The van der Waals surface area contributed by atoms with Gasteiger partial charge in [-0.05, 0) is 31.2 Å². The van der Waals surface area contributed by atoms with E-state index in [1.807, 2.05) is 17.8 Å². The Labute approximate surface area is 111 Å². The Balaban J connectivity index is 2.00. The molecule has 0 spiro atoms. The number of amides is 1. The lowest BCUT2D eigenvalue weighted by atomic mass is 10.2. The van der Waals surface area contributed by atoms with Crippen molar-refractivity contribution in [2.45, 2.75) is 30.6 Å². The standard InChI is InChI=1S/C12H18N4OS/c1-13-12(17)9-6-7-11(16-15-9)14-8-4-3-5-10(8)18-2/h6-8,10H,3-5H2,1-2H3,(H,13,17)(H,14,16). The first-order valence-electron chi connectivity index (χ1n) is 6.09. The van der Waals surface area contributed by atoms with Gasteiger partial charge in [0.25, 0.3) is 5.91 Å². The van der Waals surface area contributed by atoms with Crippen molar-refractivity contribution in [2.75, 3.05) is 18.6 Å². The van der Waals surface area contributed by atoms with Gasteiger partial charge in [-0.3, -0.25) is 4.79 Å². The number of anilines is 1. The predicted molar refractivity (Wildman–Crippen MR) is 74.0 cm³/mol. The number of nitrogens with zero attached hydrogens (tertiary/aromatic N) is 2. The van der Waals surface area contributed by atoms with Gasteiger partial charge in [0.15, 0.2) is 5.69 Å². The maximum absolute atomic E-state index is 11.3. The topological polar surface area (TPSA) is 66.9 Å². The second-order valence-corrected chi connectivity index (χ2v) is 5.42. The van der Waals surface area contributed by atoms with Crippen LogP contribution < -0.4 is 10.6 Å². The van der Waals surface area contributed by atoms with Gasteiger partial charge < -0.3 is 10.6 Å². The molecule has 0 aromatic carbocycles. The SMILES string of the molecule is CNC(=O)c1ccc(NC2CCCC2SC)nn1. The summed E-state index contributed by atoms with van der Waals surface area (Å²) >= 11 is 1.90. The van der Waals surface area contributed by atoms with Crippen LogP contribution in [0, 0.1) is 0 Å². The molecule has 98 valence electrons. The van der Waals surface area contributed by atoms with Crippen LogP contribution in [0.3, 0.4) is 0 Å². The first-order chi connectivity index (χ1) is 8.74. The quantitative estimate of drug-likeness (QED) is 0.865. The lowest BCUT2D eigenvalue weighted by Crippen LogP contribution is -2.26. The number of hydrogen-bond acceptors (Lipinski definition) is 5. The highest BCUT2D eigenvalue weighted by Gasteiger charge is 2.26. The molecule has 2 rings (SSSR count). The Morgan fingerprint density at radius 2 is 2.22 bits per heavy atom. The molecule has 1 fully saturated rings. The summed E-state index contributed by atoms with van der Waals surface area (Å²) in [6.45, 7) is 0. The lowest BCUT2D eigenvalue weighted by Gasteiger charge is -2.19. The molecule has 1 amide bonds. The molecular weight excluding hydrogens is 248 g/mol. The fourth-order valence-corrected chi connectivity index (χ4v) is 3.16. The molecule has 5 nitrogen and oxygen atoms in total. The molecule has 0 bridgehead atoms. The van der Waals surface area contributed by atoms with Crippen molar-refractivity contribution in [3.8, 4) is 0 Å². The average Bonchev–Trinajstić information content (AvgIpc) is 2.86. The third-order valence-corrected chi connectivity index (χ3v) is 4.38. The molecule has 1 aliphatic carbocycles. The Kier molecular flexibility index (Phi) is 4.41. The number of rotatable bonds is 4. The van der Waals surface area contributed by atoms with Crippen molar-refractivity contribution in [3.63, 3.8) is 0 Å². The van der Waals surface area contributed by atoms with E-state index in [9.17, 15) is 4.79 Å². The zero-order valence-electron chi connectivity index (χ0n) is 10.6. The highest BCUT2D eigenvalue weighted by Crippen LogP contribution is 2.30. The average molecular weight is 266 g/mol. The number of nitrogens with one attached hydrogen (secondary N) is 2. The van der Waals surface area contributed by atoms with Gasteiger partial charge in [0, 0.05) is 18.3 Å². The summed E-state index contributed by atoms with van der Waals surface area (Å²) in [7, 11) is 1.58. The van der Waals surface area contributed by atoms with Gasteiger partial charge in [-0.1, -0.05) is 6.42 Å². The third-order valence-electron chi connectivity index (χ3n) is 3.21. The van der Waals surface area contributed by atoms with Crippen LogP contribution in [0.25, 0.3) is 0 Å². The predicted octanol–water partition coefficient (Wildman–Crippen LogP) is 1.53. The Morgan fingerprint density at radius 3 is 2.83 bits per heavy atom. The van der Waals surface area contributed by atoms with Crippen molar-refractivity contribution >= 4 is 23.5 Å². The van der Waals surface area contributed by atoms with E-state index in [1.165, 1.54) is 19.3 Å². The minimum atomic E-state index is -0.211. The van der Waals surface area contributed by atoms with Gasteiger partial charge in [-0.25, -0.2) is 0 Å². The molecule has 1 aliphatic rings.